The van der Waals surface area contributed by atoms with Crippen molar-refractivity contribution in [3.05, 3.63) is 54.2 Å². The summed E-state index contributed by atoms with van der Waals surface area (Å²) in [5.74, 6) is -2.10. The van der Waals surface area contributed by atoms with Crippen molar-refractivity contribution in [3.8, 4) is 0 Å². The molecule has 0 spiro atoms. The van der Waals surface area contributed by atoms with Crippen LogP contribution in [0.5, 0.6) is 0 Å². The number of piperazine rings is 1. The molecule has 13 heteroatoms. The predicted octanol–water partition coefficient (Wildman–Crippen LogP) is 5.03. The number of hydrogen-bond donors (Lipinski definition) is 1. The molecule has 232 valence electrons. The molecule has 3 heterocycles. The van der Waals surface area contributed by atoms with Gasteiger partial charge in [-0.2, -0.15) is 5.10 Å². The molecule has 0 bridgehead atoms. The highest BCUT2D eigenvalue weighted by molar-refractivity contribution is 6.76. The summed E-state index contributed by atoms with van der Waals surface area (Å²) < 4.78 is 26.9. The highest BCUT2D eigenvalue weighted by Crippen LogP contribution is 2.30. The van der Waals surface area contributed by atoms with Crippen molar-refractivity contribution in [2.75, 3.05) is 25.0 Å². The number of ether oxygens (including phenoxy) is 2. The average molecular weight is 613 g/mol. The monoisotopic (exact) mass is 612 g/mol. The van der Waals surface area contributed by atoms with Crippen LogP contribution in [0.3, 0.4) is 0 Å². The summed E-state index contributed by atoms with van der Waals surface area (Å²) in [6.07, 6.45) is 4.19. The molecule has 2 aromatic heterocycles. The molecule has 0 unspecified atom stereocenters. The number of pyridine rings is 1. The fourth-order valence-electron chi connectivity index (χ4n) is 4.81. The Kier molecular flexibility index (Phi) is 9.55. The van der Waals surface area contributed by atoms with E-state index in [4.69, 9.17) is 9.47 Å². The van der Waals surface area contributed by atoms with Gasteiger partial charge in [-0.3, -0.25) is 14.6 Å². The van der Waals surface area contributed by atoms with E-state index in [0.29, 0.717) is 28.8 Å². The maximum Gasteiger partial charge on any atom is 0.410 e. The van der Waals surface area contributed by atoms with Crippen LogP contribution in [0.2, 0.25) is 25.7 Å². The van der Waals surface area contributed by atoms with E-state index < -0.39 is 49.5 Å². The van der Waals surface area contributed by atoms with Gasteiger partial charge in [0.2, 0.25) is 0 Å². The Morgan fingerprint density at radius 1 is 1.05 bits per heavy atom. The summed E-state index contributed by atoms with van der Waals surface area (Å²) >= 11 is 0. The summed E-state index contributed by atoms with van der Waals surface area (Å²) in [5, 5.41) is 7.79. The lowest BCUT2D eigenvalue weighted by Crippen LogP contribution is -2.59. The Morgan fingerprint density at radius 3 is 2.40 bits per heavy atom. The predicted molar refractivity (Wildman–Crippen MR) is 164 cm³/mol. The molecule has 11 nitrogen and oxygen atoms in total. The van der Waals surface area contributed by atoms with Crippen LogP contribution in [0.4, 0.5) is 14.9 Å². The van der Waals surface area contributed by atoms with Crippen LogP contribution < -0.4 is 5.32 Å². The quantitative estimate of drug-likeness (QED) is 0.226. The van der Waals surface area contributed by atoms with Crippen molar-refractivity contribution in [2.24, 2.45) is 0 Å². The first kappa shape index (κ1) is 32.1. The van der Waals surface area contributed by atoms with Gasteiger partial charge in [0.1, 0.15) is 18.1 Å². The van der Waals surface area contributed by atoms with Gasteiger partial charge in [-0.25, -0.2) is 13.9 Å². The number of nitrogens with one attached hydrogen (secondary N) is 1. The highest BCUT2D eigenvalue weighted by atomic mass is 28.3. The summed E-state index contributed by atoms with van der Waals surface area (Å²) in [7, 11) is -1.27. The zero-order valence-electron chi connectivity index (χ0n) is 25.9. The van der Waals surface area contributed by atoms with Crippen molar-refractivity contribution in [1.82, 2.24) is 24.6 Å². The standard InChI is InChI=1S/C30H41FN6O5Si/c1-20-17-36(25(21-8-10-23(31)11-9-21)18-35(20)29(40)42-30(2,3)4)28(39)27(38)34-24-16-32-14-22-15-33-37(26(22)24)19-41-12-13-43(5,6)7/h8-11,14-16,20,25H,12-13,17-19H2,1-7H3,(H,34,38)/t20-,25-/m1/s1. The maximum absolute atomic E-state index is 13.8. The van der Waals surface area contributed by atoms with Crippen molar-refractivity contribution >= 4 is 42.6 Å². The number of aromatic nitrogens is 3. The Bertz CT molecular complexity index is 1470. The number of fused-ring (bicyclic) bond motifs is 1. The van der Waals surface area contributed by atoms with E-state index in [2.05, 4.69) is 35.0 Å². The third kappa shape index (κ3) is 8.17. The van der Waals surface area contributed by atoms with Crippen LogP contribution in [-0.4, -0.2) is 81.9 Å². The van der Waals surface area contributed by atoms with Crippen LogP contribution in [0.25, 0.3) is 10.9 Å². The molecule has 1 aromatic carbocycles. The minimum Gasteiger partial charge on any atom is -0.444 e. The Labute approximate surface area is 252 Å². The molecule has 3 aromatic rings. The second kappa shape index (κ2) is 12.8. The molecule has 1 aliphatic rings. The first-order valence-electron chi connectivity index (χ1n) is 14.4. The number of benzene rings is 1. The van der Waals surface area contributed by atoms with Crippen LogP contribution in [0.1, 0.15) is 39.3 Å². The minimum absolute atomic E-state index is 0.0683. The molecule has 1 fully saturated rings. The molecule has 0 radical (unpaired) electrons. The van der Waals surface area contributed by atoms with Gasteiger partial charge in [0.25, 0.3) is 0 Å². The fraction of sp³-hybridized carbons (Fsp3) is 0.500. The topological polar surface area (TPSA) is 119 Å². The van der Waals surface area contributed by atoms with Crippen LogP contribution in [0.15, 0.2) is 42.9 Å². The van der Waals surface area contributed by atoms with E-state index in [1.807, 2.05) is 0 Å². The van der Waals surface area contributed by atoms with E-state index in [-0.39, 0.29) is 19.8 Å². The van der Waals surface area contributed by atoms with Gasteiger partial charge in [0.15, 0.2) is 0 Å². The molecule has 1 N–H and O–H groups in total. The number of carbonyl (C=O) groups excluding carboxylic acids is 3. The number of amides is 3. The van der Waals surface area contributed by atoms with Gasteiger partial charge in [-0.15, -0.1) is 0 Å². The molecule has 43 heavy (non-hydrogen) atoms. The Morgan fingerprint density at radius 2 is 1.74 bits per heavy atom. The third-order valence-electron chi connectivity index (χ3n) is 7.08. The van der Waals surface area contributed by atoms with Gasteiger partial charge in [0, 0.05) is 45.4 Å². The number of hydrogen-bond acceptors (Lipinski definition) is 7. The maximum atomic E-state index is 13.8. The Hall–Kier alpha value is -3.84. The second-order valence-electron chi connectivity index (χ2n) is 13.1. The zero-order valence-corrected chi connectivity index (χ0v) is 26.9. The molecule has 3 amide bonds. The number of rotatable bonds is 7. The number of anilines is 1. The molecule has 4 rings (SSSR count). The molecule has 0 saturated carbocycles. The summed E-state index contributed by atoms with van der Waals surface area (Å²) in [6.45, 7) is 14.9. The summed E-state index contributed by atoms with van der Waals surface area (Å²) in [4.78, 5) is 47.3. The normalized spacial score (nSPS) is 17.7. The van der Waals surface area contributed by atoms with Gasteiger partial charge in [0.05, 0.1) is 29.6 Å². The van der Waals surface area contributed by atoms with E-state index in [1.165, 1.54) is 28.1 Å². The Balaban J connectivity index is 1.55. The second-order valence-corrected chi connectivity index (χ2v) is 18.7. The van der Waals surface area contributed by atoms with Crippen LogP contribution >= 0.6 is 0 Å². The summed E-state index contributed by atoms with van der Waals surface area (Å²) in [5.41, 5.74) is 0.777. The van der Waals surface area contributed by atoms with Crippen molar-refractivity contribution in [2.45, 2.75) is 77.8 Å². The lowest BCUT2D eigenvalue weighted by atomic mass is 9.99. The van der Waals surface area contributed by atoms with Crippen molar-refractivity contribution in [3.63, 3.8) is 0 Å². The smallest absolute Gasteiger partial charge is 0.410 e. The largest absolute Gasteiger partial charge is 0.444 e. The van der Waals surface area contributed by atoms with Crippen LogP contribution in [-0.2, 0) is 25.8 Å². The third-order valence-corrected chi connectivity index (χ3v) is 8.78. The van der Waals surface area contributed by atoms with Gasteiger partial charge < -0.3 is 24.6 Å². The van der Waals surface area contributed by atoms with Crippen molar-refractivity contribution < 1.29 is 28.2 Å². The van der Waals surface area contributed by atoms with Crippen LogP contribution in [0, 0.1) is 5.82 Å². The van der Waals surface area contributed by atoms with E-state index >= 15 is 0 Å². The van der Waals surface area contributed by atoms with E-state index in [0.717, 1.165) is 6.04 Å². The van der Waals surface area contributed by atoms with Gasteiger partial charge in [-0.1, -0.05) is 31.8 Å². The number of nitrogens with zero attached hydrogens (tertiary/aromatic N) is 5. The van der Waals surface area contributed by atoms with E-state index in [1.54, 1.807) is 56.9 Å². The first-order valence-corrected chi connectivity index (χ1v) is 18.1. The number of halogens is 1. The first-order chi connectivity index (χ1) is 20.1. The minimum atomic E-state index is -1.27. The highest BCUT2D eigenvalue weighted by Gasteiger charge is 2.41. The number of carbonyl (C=O) groups is 3. The molecular formula is C30H41FN6O5Si. The van der Waals surface area contributed by atoms with Gasteiger partial charge in [-0.05, 0) is 51.4 Å². The fourth-order valence-corrected chi connectivity index (χ4v) is 5.57. The zero-order chi connectivity index (χ0) is 31.5. The summed E-state index contributed by atoms with van der Waals surface area (Å²) in [6, 6.07) is 5.52. The molecular weight excluding hydrogens is 571 g/mol. The lowest BCUT2D eigenvalue weighted by Gasteiger charge is -2.45. The van der Waals surface area contributed by atoms with E-state index in [9.17, 15) is 18.8 Å². The molecule has 0 aliphatic carbocycles. The average Bonchev–Trinajstić information content (AvgIpc) is 3.33. The molecule has 2 atom stereocenters. The van der Waals surface area contributed by atoms with Gasteiger partial charge >= 0.3 is 17.9 Å². The SMILES string of the molecule is C[C@@H]1CN(C(=O)C(=O)Nc2cncc3cnn(COCC[Si](C)(C)C)c23)[C@@H](c2ccc(F)cc2)CN1C(=O)OC(C)(C)C. The van der Waals surface area contributed by atoms with Crippen molar-refractivity contribution in [1.29, 1.82) is 0 Å². The molecule has 1 aliphatic heterocycles. The lowest BCUT2D eigenvalue weighted by molar-refractivity contribution is -0.147. The molecule has 1 saturated heterocycles.